The Morgan fingerprint density at radius 1 is 1.12 bits per heavy atom. The number of hydrogen-bond acceptors (Lipinski definition) is 5. The van der Waals surface area contributed by atoms with Gasteiger partial charge in [-0.2, -0.15) is 5.26 Å². The van der Waals surface area contributed by atoms with E-state index in [4.69, 9.17) is 16.9 Å². The molecular formula is C25H19ClN4O2S. The Bertz CT molecular complexity index is 1490. The van der Waals surface area contributed by atoms with Gasteiger partial charge in [0.05, 0.1) is 32.9 Å². The van der Waals surface area contributed by atoms with Crippen molar-refractivity contribution in [2.24, 2.45) is 0 Å². The van der Waals surface area contributed by atoms with Crippen LogP contribution in [0.1, 0.15) is 16.7 Å². The fourth-order valence-corrected chi connectivity index (χ4v) is 4.35. The average molecular weight is 475 g/mol. The lowest BCUT2D eigenvalue weighted by Gasteiger charge is -2.14. The molecule has 33 heavy (non-hydrogen) atoms. The predicted molar refractivity (Wildman–Crippen MR) is 132 cm³/mol. The van der Waals surface area contributed by atoms with Gasteiger partial charge < -0.3 is 5.32 Å². The molecule has 8 heteroatoms. The fourth-order valence-electron chi connectivity index (χ4n) is 3.31. The molecular weight excluding hydrogens is 456 g/mol. The highest BCUT2D eigenvalue weighted by Crippen LogP contribution is 2.24. The third-order valence-electron chi connectivity index (χ3n) is 5.20. The molecule has 0 radical (unpaired) electrons. The molecule has 4 aromatic rings. The molecule has 0 spiro atoms. The molecule has 0 aliphatic heterocycles. The lowest BCUT2D eigenvalue weighted by atomic mass is 10.1. The van der Waals surface area contributed by atoms with Gasteiger partial charge in [-0.15, -0.1) is 0 Å². The van der Waals surface area contributed by atoms with E-state index in [2.05, 4.69) is 10.3 Å². The maximum Gasteiger partial charge on any atom is 0.266 e. The van der Waals surface area contributed by atoms with Crippen LogP contribution in [0.2, 0.25) is 5.02 Å². The Balaban J connectivity index is 1.66. The van der Waals surface area contributed by atoms with Gasteiger partial charge in [-0.05, 0) is 67.4 Å². The highest BCUT2D eigenvalue weighted by atomic mass is 35.5. The van der Waals surface area contributed by atoms with E-state index >= 15 is 0 Å². The lowest BCUT2D eigenvalue weighted by Crippen LogP contribution is -2.23. The number of fused-ring (bicyclic) bond motifs is 1. The number of rotatable bonds is 5. The van der Waals surface area contributed by atoms with Gasteiger partial charge in [-0.3, -0.25) is 14.2 Å². The number of para-hydroxylation sites is 1. The summed E-state index contributed by atoms with van der Waals surface area (Å²) in [6, 6.07) is 19.6. The second kappa shape index (κ2) is 9.49. The normalized spacial score (nSPS) is 10.7. The van der Waals surface area contributed by atoms with E-state index < -0.39 is 0 Å². The molecule has 0 aliphatic rings. The summed E-state index contributed by atoms with van der Waals surface area (Å²) >= 11 is 7.22. The zero-order valence-corrected chi connectivity index (χ0v) is 19.5. The summed E-state index contributed by atoms with van der Waals surface area (Å²) in [6.45, 7) is 4.00. The van der Waals surface area contributed by atoms with Gasteiger partial charge in [-0.25, -0.2) is 4.98 Å². The van der Waals surface area contributed by atoms with Gasteiger partial charge in [0.1, 0.15) is 6.07 Å². The number of aromatic nitrogens is 2. The third kappa shape index (κ3) is 4.77. The van der Waals surface area contributed by atoms with Crippen molar-refractivity contribution in [2.75, 3.05) is 11.1 Å². The molecule has 0 aliphatic carbocycles. The monoisotopic (exact) mass is 474 g/mol. The number of hydrogen-bond donors (Lipinski definition) is 1. The highest BCUT2D eigenvalue weighted by Gasteiger charge is 2.15. The van der Waals surface area contributed by atoms with Crippen molar-refractivity contribution in [3.05, 3.63) is 92.7 Å². The van der Waals surface area contributed by atoms with E-state index in [0.717, 1.165) is 11.1 Å². The van der Waals surface area contributed by atoms with Crippen molar-refractivity contribution in [1.82, 2.24) is 9.55 Å². The van der Waals surface area contributed by atoms with Crippen LogP contribution in [-0.2, 0) is 4.79 Å². The van der Waals surface area contributed by atoms with Gasteiger partial charge in [0.2, 0.25) is 5.91 Å². The molecule has 1 amide bonds. The van der Waals surface area contributed by atoms with Crippen molar-refractivity contribution in [3.63, 3.8) is 0 Å². The van der Waals surface area contributed by atoms with Crippen LogP contribution in [0.15, 0.2) is 70.6 Å². The molecule has 0 unspecified atom stereocenters. The summed E-state index contributed by atoms with van der Waals surface area (Å²) in [5.74, 6) is -0.248. The van der Waals surface area contributed by atoms with E-state index in [1.165, 1.54) is 17.8 Å². The number of nitriles is 1. The Labute approximate surface area is 199 Å². The number of nitrogens with one attached hydrogen (secondary N) is 1. The zero-order valence-electron chi connectivity index (χ0n) is 17.9. The van der Waals surface area contributed by atoms with E-state index in [1.54, 1.807) is 34.9 Å². The number of halogens is 1. The Hall–Kier alpha value is -3.60. The first-order valence-corrected chi connectivity index (χ1v) is 11.5. The van der Waals surface area contributed by atoms with Crippen molar-refractivity contribution < 1.29 is 4.79 Å². The molecule has 4 rings (SSSR count). The number of nitrogens with zero attached hydrogens (tertiary/aromatic N) is 3. The summed E-state index contributed by atoms with van der Waals surface area (Å²) in [5.41, 5.74) is 4.08. The van der Waals surface area contributed by atoms with Crippen molar-refractivity contribution in [3.8, 4) is 11.8 Å². The first-order chi connectivity index (χ1) is 15.9. The Morgan fingerprint density at radius 2 is 1.91 bits per heavy atom. The number of anilines is 1. The number of thioether (sulfide) groups is 1. The smallest absolute Gasteiger partial charge is 0.266 e. The van der Waals surface area contributed by atoms with Crippen LogP contribution in [0.25, 0.3) is 16.6 Å². The second-order valence-corrected chi connectivity index (χ2v) is 8.81. The minimum atomic E-state index is -0.283. The number of benzene rings is 3. The van der Waals surface area contributed by atoms with Crippen molar-refractivity contribution >= 4 is 45.9 Å². The molecule has 0 saturated carbocycles. The molecule has 6 nitrogen and oxygen atoms in total. The lowest BCUT2D eigenvalue weighted by molar-refractivity contribution is -0.113. The molecule has 0 saturated heterocycles. The predicted octanol–water partition coefficient (Wildman–Crippen LogP) is 5.26. The first kappa shape index (κ1) is 22.6. The molecule has 1 N–H and O–H groups in total. The topological polar surface area (TPSA) is 87.8 Å². The average Bonchev–Trinajstić information content (AvgIpc) is 2.80. The summed E-state index contributed by atoms with van der Waals surface area (Å²) < 4.78 is 1.55. The Morgan fingerprint density at radius 3 is 2.64 bits per heavy atom. The van der Waals surface area contributed by atoms with E-state index in [0.29, 0.717) is 33.0 Å². The quantitative estimate of drug-likeness (QED) is 0.315. The summed E-state index contributed by atoms with van der Waals surface area (Å²) in [4.78, 5) is 30.6. The highest BCUT2D eigenvalue weighted by molar-refractivity contribution is 7.99. The van der Waals surface area contributed by atoms with Gasteiger partial charge >= 0.3 is 0 Å². The molecule has 164 valence electrons. The maximum absolute atomic E-state index is 13.3. The number of carbonyl (C=O) groups excluding carboxylic acids is 1. The second-order valence-electron chi connectivity index (χ2n) is 7.46. The SMILES string of the molecule is Cc1ccc(-n2c(SCC(=O)Nc3ccc(C#N)c(Cl)c3)nc3ccccc3c2=O)cc1C. The maximum atomic E-state index is 13.3. The molecule has 1 aromatic heterocycles. The van der Waals surface area contributed by atoms with Crippen LogP contribution >= 0.6 is 23.4 Å². The van der Waals surface area contributed by atoms with E-state index in [9.17, 15) is 9.59 Å². The summed E-state index contributed by atoms with van der Waals surface area (Å²) in [5, 5.41) is 13.0. The zero-order chi connectivity index (χ0) is 23.5. The molecule has 0 atom stereocenters. The van der Waals surface area contributed by atoms with Gasteiger partial charge in [0.25, 0.3) is 5.56 Å². The molecule has 0 fully saturated rings. The summed E-state index contributed by atoms with van der Waals surface area (Å²) in [6.07, 6.45) is 0. The minimum Gasteiger partial charge on any atom is -0.325 e. The van der Waals surface area contributed by atoms with Crippen LogP contribution in [0.3, 0.4) is 0 Å². The number of aryl methyl sites for hydroxylation is 2. The van der Waals surface area contributed by atoms with Gasteiger partial charge in [0, 0.05) is 5.69 Å². The van der Waals surface area contributed by atoms with Crippen molar-refractivity contribution in [1.29, 1.82) is 5.26 Å². The number of carbonyl (C=O) groups is 1. The van der Waals surface area contributed by atoms with Gasteiger partial charge in [-0.1, -0.05) is 41.6 Å². The third-order valence-corrected chi connectivity index (χ3v) is 6.45. The van der Waals surface area contributed by atoms with Gasteiger partial charge in [0.15, 0.2) is 5.16 Å². The number of amides is 1. The molecule has 3 aromatic carbocycles. The van der Waals surface area contributed by atoms with Crippen molar-refractivity contribution in [2.45, 2.75) is 19.0 Å². The minimum absolute atomic E-state index is 0.0350. The van der Waals surface area contributed by atoms with E-state index in [1.807, 2.05) is 44.2 Å². The standard InChI is InChI=1S/C25H19ClN4O2S/c1-15-7-10-19(11-16(15)2)30-24(32)20-5-3-4-6-22(20)29-25(30)33-14-23(31)28-18-9-8-17(13-27)21(26)12-18/h3-12H,14H2,1-2H3,(H,28,31). The van der Waals surface area contributed by atoms with E-state index in [-0.39, 0.29) is 22.2 Å². The van der Waals surface area contributed by atoms with Crippen LogP contribution in [0.4, 0.5) is 5.69 Å². The largest absolute Gasteiger partial charge is 0.325 e. The van der Waals surface area contributed by atoms with Crippen LogP contribution in [-0.4, -0.2) is 21.2 Å². The van der Waals surface area contributed by atoms with Crippen LogP contribution in [0, 0.1) is 25.2 Å². The molecule has 1 heterocycles. The Kier molecular flexibility index (Phi) is 6.50. The summed E-state index contributed by atoms with van der Waals surface area (Å²) in [7, 11) is 0. The molecule has 0 bridgehead atoms. The van der Waals surface area contributed by atoms with Crippen LogP contribution in [0.5, 0.6) is 0 Å². The first-order valence-electron chi connectivity index (χ1n) is 10.1. The fraction of sp³-hybridized carbons (Fsp3) is 0.120. The van der Waals surface area contributed by atoms with Crippen LogP contribution < -0.4 is 10.9 Å².